The maximum absolute atomic E-state index is 11.8. The zero-order valence-electron chi connectivity index (χ0n) is 14.3. The molecular weight excluding hydrogens is 432 g/mol. The molecule has 3 aromatic rings. The van der Waals surface area contributed by atoms with E-state index in [1.165, 1.54) is 6.21 Å². The van der Waals surface area contributed by atoms with Gasteiger partial charge in [0.2, 0.25) is 4.77 Å². The summed E-state index contributed by atoms with van der Waals surface area (Å²) in [6.45, 7) is 0.351. The summed E-state index contributed by atoms with van der Waals surface area (Å²) >= 11 is 8.44. The molecule has 0 spiro atoms. The molecule has 3 rings (SSSR count). The molecule has 1 N–H and O–H groups in total. The monoisotopic (exact) mass is 446 g/mol. The third kappa shape index (κ3) is 4.69. The molecule has 0 radical (unpaired) electrons. The number of halogens is 1. The second-order valence-electron chi connectivity index (χ2n) is 5.36. The van der Waals surface area contributed by atoms with Crippen LogP contribution in [0, 0.1) is 4.77 Å². The van der Waals surface area contributed by atoms with Crippen LogP contribution in [0.2, 0.25) is 0 Å². The van der Waals surface area contributed by atoms with Crippen LogP contribution in [0.15, 0.2) is 63.0 Å². The van der Waals surface area contributed by atoms with Gasteiger partial charge in [0, 0.05) is 10.0 Å². The molecule has 0 atom stereocenters. The van der Waals surface area contributed by atoms with E-state index in [1.54, 1.807) is 13.2 Å². The molecule has 0 unspecified atom stereocenters. The number of nitrogens with zero attached hydrogens (tertiary/aromatic N) is 3. The molecule has 0 bridgehead atoms. The molecular formula is C18H15BrN4O3S. The smallest absolute Gasteiger partial charge is 0.293 e. The van der Waals surface area contributed by atoms with E-state index >= 15 is 0 Å². The topological polar surface area (TPSA) is 81.5 Å². The van der Waals surface area contributed by atoms with Crippen molar-refractivity contribution in [3.63, 3.8) is 0 Å². The Hall–Kier alpha value is -2.78. The van der Waals surface area contributed by atoms with Gasteiger partial charge in [0.15, 0.2) is 11.5 Å². The summed E-state index contributed by atoms with van der Waals surface area (Å²) in [5, 5.41) is 10.3. The lowest BCUT2D eigenvalue weighted by Gasteiger charge is -2.13. The Kier molecular flexibility index (Phi) is 6.15. The number of ether oxygens (including phenoxy) is 2. The van der Waals surface area contributed by atoms with Crippen LogP contribution < -0.4 is 15.0 Å². The summed E-state index contributed by atoms with van der Waals surface area (Å²) in [5.74, 6) is 1.08. The van der Waals surface area contributed by atoms with Crippen LogP contribution in [-0.4, -0.2) is 28.2 Å². The summed E-state index contributed by atoms with van der Waals surface area (Å²) < 4.78 is 13.5. The van der Waals surface area contributed by atoms with Crippen molar-refractivity contribution >= 4 is 34.4 Å². The van der Waals surface area contributed by atoms with E-state index in [9.17, 15) is 4.79 Å². The number of methoxy groups -OCH3 is 1. The van der Waals surface area contributed by atoms with Gasteiger partial charge in [-0.05, 0) is 42.0 Å². The van der Waals surface area contributed by atoms with E-state index in [0.717, 1.165) is 20.9 Å². The van der Waals surface area contributed by atoms with E-state index in [1.807, 2.05) is 36.4 Å². The Labute approximate surface area is 168 Å². The molecule has 0 saturated heterocycles. The molecule has 1 aromatic heterocycles. The van der Waals surface area contributed by atoms with Gasteiger partial charge in [0.25, 0.3) is 5.56 Å². The molecule has 1 heterocycles. The predicted octanol–water partition coefficient (Wildman–Crippen LogP) is 3.53. The second kappa shape index (κ2) is 8.74. The van der Waals surface area contributed by atoms with E-state index in [0.29, 0.717) is 23.7 Å². The van der Waals surface area contributed by atoms with Gasteiger partial charge in [0.1, 0.15) is 12.8 Å². The third-order valence-electron chi connectivity index (χ3n) is 3.57. The SMILES string of the molecule is COc1cccc(/C=N/n2c(=O)cn[nH]c2=S)c1OCc1ccc(Br)cc1. The molecule has 0 saturated carbocycles. The van der Waals surface area contributed by atoms with Crippen molar-refractivity contribution in [2.75, 3.05) is 7.11 Å². The van der Waals surface area contributed by atoms with Crippen LogP contribution in [0.4, 0.5) is 0 Å². The zero-order valence-corrected chi connectivity index (χ0v) is 16.7. The van der Waals surface area contributed by atoms with Gasteiger partial charge < -0.3 is 9.47 Å². The van der Waals surface area contributed by atoms with Crippen LogP contribution in [0.3, 0.4) is 0 Å². The predicted molar refractivity (Wildman–Crippen MR) is 108 cm³/mol. The number of hydrogen-bond acceptors (Lipinski definition) is 6. The number of hydrogen-bond donors (Lipinski definition) is 1. The minimum Gasteiger partial charge on any atom is -0.493 e. The standard InChI is InChI=1S/C18H15BrN4O3S/c1-25-15-4-2-3-13(9-21-23-16(24)10-20-22-18(23)27)17(15)26-11-12-5-7-14(19)8-6-12/h2-10H,11H2,1H3,(H,22,27)/b21-9+. The highest BCUT2D eigenvalue weighted by atomic mass is 79.9. The molecule has 138 valence electrons. The number of aromatic nitrogens is 3. The van der Waals surface area contributed by atoms with Crippen molar-refractivity contribution in [2.45, 2.75) is 6.61 Å². The van der Waals surface area contributed by atoms with E-state index < -0.39 is 5.56 Å². The molecule has 0 aliphatic heterocycles. The summed E-state index contributed by atoms with van der Waals surface area (Å²) in [5.41, 5.74) is 1.21. The molecule has 0 aliphatic carbocycles. The molecule has 9 heteroatoms. The highest BCUT2D eigenvalue weighted by Gasteiger charge is 2.10. The van der Waals surface area contributed by atoms with Crippen molar-refractivity contribution in [1.82, 2.24) is 14.9 Å². The highest BCUT2D eigenvalue weighted by molar-refractivity contribution is 9.10. The largest absolute Gasteiger partial charge is 0.493 e. The van der Waals surface area contributed by atoms with Gasteiger partial charge >= 0.3 is 0 Å². The maximum Gasteiger partial charge on any atom is 0.293 e. The Morgan fingerprint density at radius 1 is 1.30 bits per heavy atom. The zero-order chi connectivity index (χ0) is 19.2. The molecule has 0 amide bonds. The summed E-state index contributed by atoms with van der Waals surface area (Å²) in [6, 6.07) is 13.2. The van der Waals surface area contributed by atoms with Crippen molar-refractivity contribution in [2.24, 2.45) is 5.10 Å². The van der Waals surface area contributed by atoms with Gasteiger partial charge in [-0.1, -0.05) is 34.1 Å². The lowest BCUT2D eigenvalue weighted by molar-refractivity contribution is 0.284. The van der Waals surface area contributed by atoms with E-state index in [-0.39, 0.29) is 4.77 Å². The first-order chi connectivity index (χ1) is 13.1. The Morgan fingerprint density at radius 2 is 2.07 bits per heavy atom. The number of nitrogens with one attached hydrogen (secondary N) is 1. The fourth-order valence-electron chi connectivity index (χ4n) is 2.26. The molecule has 7 nitrogen and oxygen atoms in total. The van der Waals surface area contributed by atoms with Crippen LogP contribution in [0.25, 0.3) is 0 Å². The quantitative estimate of drug-likeness (QED) is 0.462. The molecule has 0 fully saturated rings. The average molecular weight is 447 g/mol. The Morgan fingerprint density at radius 3 is 2.78 bits per heavy atom. The normalized spacial score (nSPS) is 10.9. The van der Waals surface area contributed by atoms with Crippen molar-refractivity contribution in [1.29, 1.82) is 0 Å². The average Bonchev–Trinajstić information content (AvgIpc) is 2.67. The van der Waals surface area contributed by atoms with Gasteiger partial charge in [-0.25, -0.2) is 0 Å². The second-order valence-corrected chi connectivity index (χ2v) is 6.67. The highest BCUT2D eigenvalue weighted by Crippen LogP contribution is 2.31. The molecule has 27 heavy (non-hydrogen) atoms. The first kappa shape index (κ1) is 19.0. The number of rotatable bonds is 6. The van der Waals surface area contributed by atoms with Crippen molar-refractivity contribution in [3.05, 3.63) is 79.4 Å². The van der Waals surface area contributed by atoms with Gasteiger partial charge in [-0.3, -0.25) is 9.89 Å². The number of H-pyrrole nitrogens is 1. The van der Waals surface area contributed by atoms with Crippen LogP contribution in [-0.2, 0) is 6.61 Å². The van der Waals surface area contributed by atoms with Crippen LogP contribution in [0.1, 0.15) is 11.1 Å². The summed E-state index contributed by atoms with van der Waals surface area (Å²) in [4.78, 5) is 11.8. The summed E-state index contributed by atoms with van der Waals surface area (Å²) in [7, 11) is 1.56. The Balaban J connectivity index is 1.91. The lowest BCUT2D eigenvalue weighted by atomic mass is 10.2. The lowest BCUT2D eigenvalue weighted by Crippen LogP contribution is -2.18. The van der Waals surface area contributed by atoms with Crippen molar-refractivity contribution in [3.8, 4) is 11.5 Å². The third-order valence-corrected chi connectivity index (χ3v) is 4.37. The molecule has 2 aromatic carbocycles. The first-order valence-corrected chi connectivity index (χ1v) is 9.04. The number of benzene rings is 2. The van der Waals surface area contributed by atoms with Crippen LogP contribution >= 0.6 is 28.1 Å². The van der Waals surface area contributed by atoms with E-state index in [2.05, 4.69) is 31.2 Å². The minimum atomic E-state index is -0.435. The van der Waals surface area contributed by atoms with Crippen LogP contribution in [0.5, 0.6) is 11.5 Å². The van der Waals surface area contributed by atoms with Gasteiger partial charge in [-0.2, -0.15) is 14.9 Å². The fraction of sp³-hybridized carbons (Fsp3) is 0.111. The molecule has 0 aliphatic rings. The minimum absolute atomic E-state index is 0.0963. The fourth-order valence-corrected chi connectivity index (χ4v) is 2.71. The summed E-state index contributed by atoms with van der Waals surface area (Å²) in [6.07, 6.45) is 2.59. The van der Waals surface area contributed by atoms with Gasteiger partial charge in [-0.15, -0.1) is 0 Å². The maximum atomic E-state index is 11.8. The number of para-hydroxylation sites is 1. The van der Waals surface area contributed by atoms with Gasteiger partial charge in [0.05, 0.1) is 13.3 Å². The van der Waals surface area contributed by atoms with Crippen molar-refractivity contribution < 1.29 is 9.47 Å². The first-order valence-electron chi connectivity index (χ1n) is 7.84. The van der Waals surface area contributed by atoms with E-state index in [4.69, 9.17) is 21.7 Å². The Bertz CT molecular complexity index is 1050. The number of aromatic amines is 1.